The maximum absolute atomic E-state index is 2.77. The summed E-state index contributed by atoms with van der Waals surface area (Å²) in [6.07, 6.45) is 9.82. The Hall–Kier alpha value is -4.10. The van der Waals surface area contributed by atoms with Crippen LogP contribution in [0.25, 0.3) is 16.6 Å². The normalized spacial score (nSPS) is 26.2. The Bertz CT molecular complexity index is 2760. The van der Waals surface area contributed by atoms with E-state index < -0.39 is 0 Å². The topological polar surface area (TPSA) is 0 Å². The van der Waals surface area contributed by atoms with Crippen LogP contribution in [0.15, 0.2) is 90.5 Å². The van der Waals surface area contributed by atoms with E-state index >= 15 is 0 Å². The molecule has 6 aliphatic rings. The van der Waals surface area contributed by atoms with E-state index in [-0.39, 0.29) is 45.1 Å². The number of hydrogen-bond donors (Lipinski definition) is 0. The van der Waals surface area contributed by atoms with Gasteiger partial charge in [-0.25, -0.2) is 0 Å². The van der Waals surface area contributed by atoms with Gasteiger partial charge in [0.05, 0.1) is 0 Å². The molecule has 0 spiro atoms. The third-order valence-corrected chi connectivity index (χ3v) is 18.4. The van der Waals surface area contributed by atoms with Crippen molar-refractivity contribution in [2.75, 3.05) is 0 Å². The van der Waals surface area contributed by atoms with Crippen molar-refractivity contribution in [3.63, 3.8) is 0 Å². The van der Waals surface area contributed by atoms with Crippen LogP contribution in [-0.4, -0.2) is 6.71 Å². The quantitative estimate of drug-likeness (QED) is 0.156. The summed E-state index contributed by atoms with van der Waals surface area (Å²) in [5.41, 5.74) is 29.1. The molecule has 0 radical (unpaired) electrons. The number of benzene rings is 5. The van der Waals surface area contributed by atoms with Crippen molar-refractivity contribution in [2.24, 2.45) is 5.41 Å². The molecule has 5 aromatic carbocycles. The third-order valence-electron chi connectivity index (χ3n) is 18.4. The summed E-state index contributed by atoms with van der Waals surface area (Å²) >= 11 is 0. The van der Waals surface area contributed by atoms with Crippen LogP contribution in [0.1, 0.15) is 200 Å². The molecule has 0 aromatic heterocycles. The molecule has 0 amide bonds. The summed E-state index contributed by atoms with van der Waals surface area (Å²) in [5.74, 6) is 0.689. The standard InChI is InChI=1S/C61H71B/c1-36-27-39-30-45(42-22-21-40(56(2,3)4)32-43(42)37-19-15-14-16-20-37)46-29-38-31-48-49(59(10,11)26-25-58(48,8)9)35-44(38)55(46)62-51-34-41(57(5,6)7)33-50-52(51)53(47(28-36)54(39)62)61(13)24-18-17-23-60(50,61)12/h14-16,19-22,27-28,31-35,45,53H,17-18,23-26,29-30H2,1-13H3. The van der Waals surface area contributed by atoms with Crippen LogP contribution in [0, 0.1) is 12.3 Å². The van der Waals surface area contributed by atoms with Gasteiger partial charge in [-0.05, 0) is 145 Å². The molecule has 0 saturated heterocycles. The average Bonchev–Trinajstić information content (AvgIpc) is 3.62. The molecular weight excluding hydrogens is 743 g/mol. The molecule has 62 heavy (non-hydrogen) atoms. The summed E-state index contributed by atoms with van der Waals surface area (Å²) in [5, 5.41) is 0. The molecule has 1 saturated carbocycles. The molecule has 5 aromatic rings. The van der Waals surface area contributed by atoms with Gasteiger partial charge in [0, 0.05) is 11.8 Å². The smallest absolute Gasteiger partial charge is 0.0643 e. The van der Waals surface area contributed by atoms with Crippen molar-refractivity contribution in [1.29, 1.82) is 0 Å². The summed E-state index contributed by atoms with van der Waals surface area (Å²) < 4.78 is 0. The molecule has 1 fully saturated rings. The van der Waals surface area contributed by atoms with Crippen molar-refractivity contribution in [1.82, 2.24) is 0 Å². The van der Waals surface area contributed by atoms with Crippen LogP contribution >= 0.6 is 0 Å². The van der Waals surface area contributed by atoms with Crippen molar-refractivity contribution >= 4 is 23.1 Å². The van der Waals surface area contributed by atoms with E-state index in [9.17, 15) is 0 Å². The zero-order valence-corrected chi connectivity index (χ0v) is 40.5. The van der Waals surface area contributed by atoms with Crippen LogP contribution in [0.4, 0.5) is 0 Å². The SMILES string of the molecule is Cc1cc2c3c(c1)C1c4c(cc(C(C)(C)C)cc4C4(C)CCCCC14C)B3C1=C(Cc3cc4c(cc31)C(C)(C)CCC4(C)C)C(c1ccc(C(C)(C)C)cc1-c1ccccc1)C2. The van der Waals surface area contributed by atoms with Crippen LogP contribution in [0.5, 0.6) is 0 Å². The van der Waals surface area contributed by atoms with Crippen LogP contribution in [0.2, 0.25) is 0 Å². The minimum atomic E-state index is 0.0492. The maximum atomic E-state index is 2.77. The molecule has 4 unspecified atom stereocenters. The van der Waals surface area contributed by atoms with E-state index in [2.05, 4.69) is 175 Å². The lowest BCUT2D eigenvalue weighted by Gasteiger charge is -2.50. The first kappa shape index (κ1) is 40.7. The third kappa shape index (κ3) is 5.57. The highest BCUT2D eigenvalue weighted by Crippen LogP contribution is 2.68. The largest absolute Gasteiger partial charge is 0.243 e. The highest BCUT2D eigenvalue weighted by molar-refractivity contribution is 7.01. The predicted molar refractivity (Wildman–Crippen MR) is 266 cm³/mol. The van der Waals surface area contributed by atoms with E-state index in [1.54, 1.807) is 66.5 Å². The molecule has 0 bridgehead atoms. The monoisotopic (exact) mass is 815 g/mol. The van der Waals surface area contributed by atoms with Gasteiger partial charge in [0.1, 0.15) is 0 Å². The number of fused-ring (bicyclic) bond motifs is 9. The zero-order chi connectivity index (χ0) is 43.7. The van der Waals surface area contributed by atoms with E-state index in [0.717, 1.165) is 12.8 Å². The molecule has 0 N–H and O–H groups in total. The fraction of sp³-hybridized carbons (Fsp3) is 0.475. The first-order valence-electron chi connectivity index (χ1n) is 24.6. The first-order chi connectivity index (χ1) is 29.1. The van der Waals surface area contributed by atoms with Gasteiger partial charge >= 0.3 is 0 Å². The Labute approximate surface area is 375 Å². The number of hydrogen-bond acceptors (Lipinski definition) is 0. The lowest BCUT2D eigenvalue weighted by atomic mass is 9.30. The summed E-state index contributed by atoms with van der Waals surface area (Å²) in [7, 11) is 0. The van der Waals surface area contributed by atoms with Crippen LogP contribution in [0.3, 0.4) is 0 Å². The second kappa shape index (κ2) is 13.0. The Morgan fingerprint density at radius 1 is 0.597 bits per heavy atom. The van der Waals surface area contributed by atoms with E-state index in [1.165, 1.54) is 71.9 Å². The number of aryl methyl sites for hydroxylation is 1. The Balaban J connectivity index is 1.27. The highest BCUT2D eigenvalue weighted by atomic mass is 14.6. The summed E-state index contributed by atoms with van der Waals surface area (Å²) in [6, 6.07) is 35.3. The molecule has 2 aliphatic heterocycles. The lowest BCUT2D eigenvalue weighted by molar-refractivity contribution is 0.0925. The van der Waals surface area contributed by atoms with Crippen LogP contribution < -0.4 is 10.9 Å². The van der Waals surface area contributed by atoms with E-state index in [4.69, 9.17) is 0 Å². The summed E-state index contributed by atoms with van der Waals surface area (Å²) in [6.45, 7) is 32.6. The Morgan fingerprint density at radius 3 is 1.97 bits per heavy atom. The van der Waals surface area contributed by atoms with Crippen molar-refractivity contribution in [2.45, 2.75) is 180 Å². The van der Waals surface area contributed by atoms with Gasteiger partial charge in [0.25, 0.3) is 0 Å². The fourth-order valence-electron chi connectivity index (χ4n) is 14.5. The van der Waals surface area contributed by atoms with Crippen LogP contribution in [-0.2, 0) is 39.9 Å². The van der Waals surface area contributed by atoms with Crippen molar-refractivity contribution in [3.05, 3.63) is 157 Å². The fourth-order valence-corrected chi connectivity index (χ4v) is 14.5. The minimum absolute atomic E-state index is 0.0492. The van der Waals surface area contributed by atoms with E-state index in [1.807, 2.05) is 0 Å². The first-order valence-corrected chi connectivity index (χ1v) is 24.6. The molecule has 11 rings (SSSR count). The number of rotatable bonds is 2. The van der Waals surface area contributed by atoms with Gasteiger partial charge in [0.15, 0.2) is 0 Å². The number of allylic oxidation sites excluding steroid dienone is 1. The molecule has 4 atom stereocenters. The van der Waals surface area contributed by atoms with Crippen molar-refractivity contribution < 1.29 is 0 Å². The van der Waals surface area contributed by atoms with Gasteiger partial charge < -0.3 is 0 Å². The molecule has 1 heteroatoms. The summed E-state index contributed by atoms with van der Waals surface area (Å²) in [4.78, 5) is 0. The highest BCUT2D eigenvalue weighted by Gasteiger charge is 2.62. The van der Waals surface area contributed by atoms with Gasteiger partial charge in [-0.15, -0.1) is 0 Å². The Morgan fingerprint density at radius 2 is 1.27 bits per heavy atom. The molecule has 318 valence electrons. The molecule has 4 aliphatic carbocycles. The maximum Gasteiger partial charge on any atom is 0.243 e. The average molecular weight is 815 g/mol. The van der Waals surface area contributed by atoms with Gasteiger partial charge in [0.2, 0.25) is 6.71 Å². The van der Waals surface area contributed by atoms with Crippen molar-refractivity contribution in [3.8, 4) is 11.1 Å². The van der Waals surface area contributed by atoms with Gasteiger partial charge in [-0.1, -0.05) is 214 Å². The predicted octanol–water partition coefficient (Wildman–Crippen LogP) is 14.4. The molecular formula is C61H71B. The minimum Gasteiger partial charge on any atom is -0.0643 e. The van der Waals surface area contributed by atoms with Gasteiger partial charge in [-0.3, -0.25) is 0 Å². The molecule has 0 nitrogen and oxygen atoms in total. The van der Waals surface area contributed by atoms with E-state index in [0.29, 0.717) is 5.92 Å². The molecule has 2 heterocycles. The van der Waals surface area contributed by atoms with Gasteiger partial charge in [-0.2, -0.15) is 0 Å². The second-order valence-electron chi connectivity index (χ2n) is 25.1. The Kier molecular flexibility index (Phi) is 8.54. The lowest BCUT2D eigenvalue weighted by Crippen LogP contribution is -2.54. The second-order valence-corrected chi connectivity index (χ2v) is 25.1. The zero-order valence-electron chi connectivity index (χ0n) is 40.5.